The second kappa shape index (κ2) is 9.14. The Morgan fingerprint density at radius 1 is 1.30 bits per heavy atom. The van der Waals surface area contributed by atoms with Gasteiger partial charge in [0, 0.05) is 37.8 Å². The number of hydrogen-bond acceptors (Lipinski definition) is 8. The van der Waals surface area contributed by atoms with E-state index in [4.69, 9.17) is 0 Å². The van der Waals surface area contributed by atoms with Crippen molar-refractivity contribution in [2.45, 2.75) is 6.42 Å². The maximum Gasteiger partial charge on any atom is 0.262 e. The van der Waals surface area contributed by atoms with Gasteiger partial charge in [0.2, 0.25) is 0 Å². The molecular formula is C17H23N7OS2. The fourth-order valence-electron chi connectivity index (χ4n) is 3.01. The summed E-state index contributed by atoms with van der Waals surface area (Å²) in [7, 11) is 1.89. The molecule has 8 nitrogen and oxygen atoms in total. The van der Waals surface area contributed by atoms with Gasteiger partial charge < -0.3 is 20.1 Å². The van der Waals surface area contributed by atoms with E-state index in [1.807, 2.05) is 23.0 Å². The summed E-state index contributed by atoms with van der Waals surface area (Å²) < 4.78 is 0. The number of H-pyrrole nitrogens is 1. The van der Waals surface area contributed by atoms with Crippen LogP contribution in [0.15, 0.2) is 35.5 Å². The Kier molecular flexibility index (Phi) is 6.62. The molecule has 0 spiro atoms. The molecule has 0 bridgehead atoms. The number of aromatic nitrogens is 4. The summed E-state index contributed by atoms with van der Waals surface area (Å²) in [6, 6.07) is 0. The van der Waals surface area contributed by atoms with E-state index < -0.39 is 0 Å². The predicted octanol–water partition coefficient (Wildman–Crippen LogP) is 1.63. The Hall–Kier alpha value is -2.20. The molecule has 2 aliphatic heterocycles. The van der Waals surface area contributed by atoms with Gasteiger partial charge in [0.05, 0.1) is 17.8 Å². The third-order valence-corrected chi connectivity index (χ3v) is 5.29. The van der Waals surface area contributed by atoms with Gasteiger partial charge in [-0.3, -0.25) is 4.79 Å². The number of imidazole rings is 1. The number of likely N-dealkylation sites (N-methyl/N-ethyl adjacent to an activating group) is 1. The lowest BCUT2D eigenvalue weighted by Crippen LogP contribution is -2.40. The van der Waals surface area contributed by atoms with Gasteiger partial charge in [-0.2, -0.15) is 12.6 Å². The first-order valence-corrected chi connectivity index (χ1v) is 10.5. The Labute approximate surface area is 167 Å². The van der Waals surface area contributed by atoms with E-state index in [0.29, 0.717) is 12.2 Å². The highest BCUT2D eigenvalue weighted by atomic mass is 32.2. The van der Waals surface area contributed by atoms with Crippen molar-refractivity contribution in [3.8, 4) is 0 Å². The molecule has 2 N–H and O–H groups in total. The third kappa shape index (κ3) is 4.22. The predicted molar refractivity (Wildman–Crippen MR) is 113 cm³/mol. The van der Waals surface area contributed by atoms with E-state index in [9.17, 15) is 4.79 Å². The standard InChI is InChI=1S/C16H19N7OS.CH4S/c1-17-11-3-2-4-23(7-11)16(24)12-8-22(5-6-25-12)15-13-14(19-9-18-13)20-10-21-15;1-2/h3,8-10,17H,2,4-7H2,1H3,(H,18,19,20,21);2H,1H3. The van der Waals surface area contributed by atoms with Gasteiger partial charge in [0.15, 0.2) is 11.5 Å². The van der Waals surface area contributed by atoms with Crippen molar-refractivity contribution in [1.29, 1.82) is 0 Å². The molecule has 27 heavy (non-hydrogen) atoms. The molecule has 2 aliphatic rings. The number of carbonyl (C=O) groups is 1. The monoisotopic (exact) mass is 405 g/mol. The van der Waals surface area contributed by atoms with E-state index in [0.717, 1.165) is 47.2 Å². The van der Waals surface area contributed by atoms with E-state index >= 15 is 0 Å². The molecule has 0 unspecified atom stereocenters. The van der Waals surface area contributed by atoms with Crippen LogP contribution in [0.4, 0.5) is 5.82 Å². The van der Waals surface area contributed by atoms with Crippen LogP contribution in [0.1, 0.15) is 6.42 Å². The van der Waals surface area contributed by atoms with Gasteiger partial charge in [-0.15, -0.1) is 11.8 Å². The lowest BCUT2D eigenvalue weighted by molar-refractivity contribution is -0.126. The summed E-state index contributed by atoms with van der Waals surface area (Å²) in [5.41, 5.74) is 2.51. The SMILES string of the molecule is CNC1=CCCN(C(=O)C2=CN(c3ncnc4nc[nH]c34)CCS2)C1.CS. The molecular weight excluding hydrogens is 382 g/mol. The lowest BCUT2D eigenvalue weighted by Gasteiger charge is -2.31. The second-order valence-corrected chi connectivity index (χ2v) is 6.97. The van der Waals surface area contributed by atoms with Gasteiger partial charge in [0.1, 0.15) is 11.8 Å². The maximum atomic E-state index is 12.9. The number of hydrogen-bond donors (Lipinski definition) is 3. The van der Waals surface area contributed by atoms with Crippen LogP contribution in [0.25, 0.3) is 11.2 Å². The molecule has 4 rings (SSSR count). The number of carbonyl (C=O) groups excluding carboxylic acids is 1. The molecule has 0 aromatic carbocycles. The van der Waals surface area contributed by atoms with Crippen molar-refractivity contribution >= 4 is 47.3 Å². The summed E-state index contributed by atoms with van der Waals surface area (Å²) in [4.78, 5) is 33.3. The maximum absolute atomic E-state index is 12.9. The molecule has 4 heterocycles. The molecule has 2 aromatic rings. The number of thiol groups is 1. The Bertz CT molecular complexity index is 864. The molecule has 0 saturated carbocycles. The quantitative estimate of drug-likeness (QED) is 0.669. The zero-order chi connectivity index (χ0) is 19.2. The topological polar surface area (TPSA) is 90.0 Å². The summed E-state index contributed by atoms with van der Waals surface area (Å²) >= 11 is 5.13. The van der Waals surface area contributed by atoms with E-state index in [-0.39, 0.29) is 5.91 Å². The van der Waals surface area contributed by atoms with E-state index in [2.05, 4.69) is 44.0 Å². The Balaban J connectivity index is 0.00000102. The van der Waals surface area contributed by atoms with Crippen LogP contribution in [0.3, 0.4) is 0 Å². The van der Waals surface area contributed by atoms with Crippen LogP contribution >= 0.6 is 24.4 Å². The summed E-state index contributed by atoms with van der Waals surface area (Å²) in [5.74, 6) is 1.66. The van der Waals surface area contributed by atoms with Gasteiger partial charge in [0.25, 0.3) is 5.91 Å². The molecule has 0 radical (unpaired) electrons. The number of nitrogens with zero attached hydrogens (tertiary/aromatic N) is 5. The lowest BCUT2D eigenvalue weighted by atomic mass is 10.2. The first-order chi connectivity index (χ1) is 13.3. The number of anilines is 1. The molecule has 10 heteroatoms. The van der Waals surface area contributed by atoms with Gasteiger partial charge in [-0.25, -0.2) is 15.0 Å². The van der Waals surface area contributed by atoms with Gasteiger partial charge in [-0.1, -0.05) is 6.08 Å². The Morgan fingerprint density at radius 3 is 2.96 bits per heavy atom. The highest BCUT2D eigenvalue weighted by Gasteiger charge is 2.25. The Morgan fingerprint density at radius 2 is 2.15 bits per heavy atom. The average Bonchev–Trinajstić information content (AvgIpc) is 3.24. The molecule has 0 saturated heterocycles. The van der Waals surface area contributed by atoms with Gasteiger partial charge in [-0.05, 0) is 12.7 Å². The number of nitrogens with one attached hydrogen (secondary N) is 2. The van der Waals surface area contributed by atoms with Crippen LogP contribution in [0.5, 0.6) is 0 Å². The van der Waals surface area contributed by atoms with Crippen molar-refractivity contribution in [3.05, 3.63) is 35.5 Å². The third-order valence-electron chi connectivity index (χ3n) is 4.31. The van der Waals surface area contributed by atoms with E-state index in [1.54, 1.807) is 24.3 Å². The number of rotatable bonds is 3. The first kappa shape index (κ1) is 19.6. The molecule has 0 atom stereocenters. The van der Waals surface area contributed by atoms with Crippen molar-refractivity contribution < 1.29 is 4.79 Å². The van der Waals surface area contributed by atoms with Crippen LogP contribution in [-0.2, 0) is 4.79 Å². The number of thioether (sulfide) groups is 1. The fraction of sp³-hybridized carbons (Fsp3) is 0.412. The molecule has 144 valence electrons. The summed E-state index contributed by atoms with van der Waals surface area (Å²) in [5, 5.41) is 3.15. The highest BCUT2D eigenvalue weighted by molar-refractivity contribution is 8.04. The van der Waals surface area contributed by atoms with E-state index in [1.165, 1.54) is 6.33 Å². The largest absolute Gasteiger partial charge is 0.390 e. The summed E-state index contributed by atoms with van der Waals surface area (Å²) in [6.45, 7) is 2.17. The second-order valence-electron chi connectivity index (χ2n) is 5.83. The zero-order valence-corrected chi connectivity index (χ0v) is 17.1. The minimum Gasteiger partial charge on any atom is -0.390 e. The highest BCUT2D eigenvalue weighted by Crippen LogP contribution is 2.29. The van der Waals surface area contributed by atoms with Crippen molar-refractivity contribution in [2.75, 3.05) is 43.6 Å². The number of aromatic amines is 1. The molecule has 0 fully saturated rings. The van der Waals surface area contributed by atoms with Crippen molar-refractivity contribution in [3.63, 3.8) is 0 Å². The van der Waals surface area contributed by atoms with Crippen LogP contribution < -0.4 is 10.2 Å². The minimum absolute atomic E-state index is 0.0745. The van der Waals surface area contributed by atoms with Crippen molar-refractivity contribution in [2.24, 2.45) is 0 Å². The van der Waals surface area contributed by atoms with Crippen LogP contribution in [0.2, 0.25) is 0 Å². The van der Waals surface area contributed by atoms with Gasteiger partial charge >= 0.3 is 0 Å². The fourth-order valence-corrected chi connectivity index (χ4v) is 3.97. The number of fused-ring (bicyclic) bond motifs is 1. The average molecular weight is 406 g/mol. The minimum atomic E-state index is 0.0745. The molecule has 1 amide bonds. The normalized spacial score (nSPS) is 17.0. The van der Waals surface area contributed by atoms with Crippen molar-refractivity contribution in [1.82, 2.24) is 30.2 Å². The number of amides is 1. The smallest absolute Gasteiger partial charge is 0.262 e. The summed E-state index contributed by atoms with van der Waals surface area (Å²) in [6.07, 6.45) is 9.73. The van der Waals surface area contributed by atoms with Crippen LogP contribution in [-0.4, -0.2) is 69.4 Å². The molecule has 0 aliphatic carbocycles. The molecule has 2 aromatic heterocycles. The first-order valence-electron chi connectivity index (χ1n) is 8.62. The zero-order valence-electron chi connectivity index (χ0n) is 15.3. The van der Waals surface area contributed by atoms with Crippen LogP contribution in [0, 0.1) is 0 Å².